The molecule has 0 radical (unpaired) electrons. The number of ether oxygens (including phenoxy) is 2. The van der Waals surface area contributed by atoms with Gasteiger partial charge in [-0.25, -0.2) is 0 Å². The monoisotopic (exact) mass is 251 g/mol. The van der Waals surface area contributed by atoms with Crippen molar-refractivity contribution < 1.29 is 14.6 Å². The van der Waals surface area contributed by atoms with Crippen LogP contribution < -0.4 is 4.74 Å². The van der Waals surface area contributed by atoms with Crippen LogP contribution in [0, 0.1) is 0 Å². The SMILES string of the molecule is COCCCN(C)C1COc2ccccc2C1O. The molecule has 1 aromatic rings. The van der Waals surface area contributed by atoms with E-state index in [1.807, 2.05) is 31.3 Å². The highest BCUT2D eigenvalue weighted by Gasteiger charge is 2.31. The van der Waals surface area contributed by atoms with Crippen LogP contribution in [0.2, 0.25) is 0 Å². The van der Waals surface area contributed by atoms with Crippen molar-refractivity contribution in [2.24, 2.45) is 0 Å². The van der Waals surface area contributed by atoms with E-state index < -0.39 is 6.10 Å². The lowest BCUT2D eigenvalue weighted by molar-refractivity contribution is 0.0123. The summed E-state index contributed by atoms with van der Waals surface area (Å²) in [6, 6.07) is 7.69. The fraction of sp³-hybridized carbons (Fsp3) is 0.571. The van der Waals surface area contributed by atoms with E-state index in [0.29, 0.717) is 6.61 Å². The Balaban J connectivity index is 2.00. The van der Waals surface area contributed by atoms with E-state index in [9.17, 15) is 5.11 Å². The van der Waals surface area contributed by atoms with Crippen molar-refractivity contribution in [3.63, 3.8) is 0 Å². The summed E-state index contributed by atoms with van der Waals surface area (Å²) in [5.41, 5.74) is 0.882. The standard InChI is InChI=1S/C14H21NO3/c1-15(8-5-9-17-2)12-10-18-13-7-4-3-6-11(13)14(12)16/h3-4,6-7,12,14,16H,5,8-10H2,1-2H3. The Morgan fingerprint density at radius 1 is 1.44 bits per heavy atom. The summed E-state index contributed by atoms with van der Waals surface area (Å²) in [6.45, 7) is 2.16. The molecule has 0 fully saturated rings. The molecule has 18 heavy (non-hydrogen) atoms. The summed E-state index contributed by atoms with van der Waals surface area (Å²) >= 11 is 0. The third-order valence-corrected chi connectivity index (χ3v) is 3.44. The second kappa shape index (κ2) is 6.18. The van der Waals surface area contributed by atoms with Crippen LogP contribution in [0.5, 0.6) is 5.75 Å². The largest absolute Gasteiger partial charge is 0.491 e. The molecule has 2 rings (SSSR count). The van der Waals surface area contributed by atoms with Crippen LogP contribution in [-0.4, -0.2) is 50.0 Å². The second-order valence-corrected chi connectivity index (χ2v) is 4.69. The van der Waals surface area contributed by atoms with E-state index in [1.165, 1.54) is 0 Å². The molecule has 1 aliphatic rings. The van der Waals surface area contributed by atoms with Crippen LogP contribution in [0.25, 0.3) is 0 Å². The molecule has 0 spiro atoms. The molecule has 2 atom stereocenters. The molecule has 4 heteroatoms. The summed E-state index contributed by atoms with van der Waals surface area (Å²) in [5.74, 6) is 0.798. The lowest BCUT2D eigenvalue weighted by Gasteiger charge is -2.36. The van der Waals surface area contributed by atoms with E-state index in [2.05, 4.69) is 4.90 Å². The number of likely N-dealkylation sites (N-methyl/N-ethyl adjacent to an activating group) is 1. The van der Waals surface area contributed by atoms with E-state index in [0.717, 1.165) is 30.9 Å². The number of fused-ring (bicyclic) bond motifs is 1. The first-order valence-corrected chi connectivity index (χ1v) is 6.33. The summed E-state index contributed by atoms with van der Waals surface area (Å²) in [5, 5.41) is 10.4. The van der Waals surface area contributed by atoms with Crippen molar-refractivity contribution in [1.29, 1.82) is 0 Å². The maximum absolute atomic E-state index is 10.4. The average Bonchev–Trinajstić information content (AvgIpc) is 2.39. The fourth-order valence-electron chi connectivity index (χ4n) is 2.32. The van der Waals surface area contributed by atoms with Crippen molar-refractivity contribution in [3.8, 4) is 5.75 Å². The topological polar surface area (TPSA) is 41.9 Å². The van der Waals surface area contributed by atoms with Crippen molar-refractivity contribution in [2.75, 3.05) is 33.9 Å². The van der Waals surface area contributed by atoms with Gasteiger partial charge >= 0.3 is 0 Å². The number of hydrogen-bond acceptors (Lipinski definition) is 4. The molecule has 100 valence electrons. The van der Waals surface area contributed by atoms with E-state index in [-0.39, 0.29) is 6.04 Å². The van der Waals surface area contributed by atoms with Crippen LogP contribution in [0.1, 0.15) is 18.1 Å². The molecule has 4 nitrogen and oxygen atoms in total. The Morgan fingerprint density at radius 3 is 3.00 bits per heavy atom. The number of methoxy groups -OCH3 is 1. The van der Waals surface area contributed by atoms with E-state index >= 15 is 0 Å². The van der Waals surface area contributed by atoms with Crippen molar-refractivity contribution in [2.45, 2.75) is 18.6 Å². The zero-order chi connectivity index (χ0) is 13.0. The molecule has 0 saturated heterocycles. The molecular formula is C14H21NO3. The van der Waals surface area contributed by atoms with Gasteiger partial charge in [-0.2, -0.15) is 0 Å². The van der Waals surface area contributed by atoms with E-state index in [1.54, 1.807) is 7.11 Å². The van der Waals surface area contributed by atoms with Gasteiger partial charge in [0.2, 0.25) is 0 Å². The van der Waals surface area contributed by atoms with Crippen molar-refractivity contribution in [3.05, 3.63) is 29.8 Å². The van der Waals surface area contributed by atoms with Gasteiger partial charge in [-0.05, 0) is 19.5 Å². The molecule has 0 saturated carbocycles. The molecular weight excluding hydrogens is 230 g/mol. The molecule has 0 aromatic heterocycles. The van der Waals surface area contributed by atoms with Crippen LogP contribution in [0.3, 0.4) is 0 Å². The highest BCUT2D eigenvalue weighted by atomic mass is 16.5. The van der Waals surface area contributed by atoms with Gasteiger partial charge in [-0.1, -0.05) is 18.2 Å². The molecule has 2 unspecified atom stereocenters. The van der Waals surface area contributed by atoms with Gasteiger partial charge in [0, 0.05) is 25.8 Å². The van der Waals surface area contributed by atoms with Crippen LogP contribution in [0.15, 0.2) is 24.3 Å². The summed E-state index contributed by atoms with van der Waals surface area (Å²) in [7, 11) is 3.72. The first-order valence-electron chi connectivity index (χ1n) is 6.33. The normalized spacial score (nSPS) is 22.7. The zero-order valence-corrected chi connectivity index (χ0v) is 11.0. The Bertz CT molecular complexity index is 383. The number of rotatable bonds is 5. The predicted molar refractivity (Wildman–Crippen MR) is 69.8 cm³/mol. The quantitative estimate of drug-likeness (QED) is 0.804. The van der Waals surface area contributed by atoms with Crippen molar-refractivity contribution in [1.82, 2.24) is 4.90 Å². The van der Waals surface area contributed by atoms with Crippen LogP contribution in [-0.2, 0) is 4.74 Å². The highest BCUT2D eigenvalue weighted by Crippen LogP contribution is 2.33. The average molecular weight is 251 g/mol. The van der Waals surface area contributed by atoms with Crippen LogP contribution >= 0.6 is 0 Å². The van der Waals surface area contributed by atoms with Gasteiger partial charge in [-0.15, -0.1) is 0 Å². The van der Waals surface area contributed by atoms with Gasteiger partial charge in [0.05, 0.1) is 6.04 Å². The van der Waals surface area contributed by atoms with Gasteiger partial charge in [0.25, 0.3) is 0 Å². The molecule has 0 bridgehead atoms. The molecule has 0 aliphatic carbocycles. The Labute approximate surface area is 108 Å². The minimum Gasteiger partial charge on any atom is -0.491 e. The smallest absolute Gasteiger partial charge is 0.125 e. The molecule has 1 aliphatic heterocycles. The molecule has 1 heterocycles. The Hall–Kier alpha value is -1.10. The summed E-state index contributed by atoms with van der Waals surface area (Å²) in [4.78, 5) is 2.14. The first-order chi connectivity index (χ1) is 8.74. The number of nitrogens with zero attached hydrogens (tertiary/aromatic N) is 1. The maximum atomic E-state index is 10.4. The van der Waals surface area contributed by atoms with Crippen LogP contribution in [0.4, 0.5) is 0 Å². The first kappa shape index (κ1) is 13.3. The van der Waals surface area contributed by atoms with E-state index in [4.69, 9.17) is 9.47 Å². The Kier molecular flexibility index (Phi) is 4.58. The van der Waals surface area contributed by atoms with Crippen molar-refractivity contribution >= 4 is 0 Å². The molecule has 1 N–H and O–H groups in total. The number of aliphatic hydroxyl groups is 1. The highest BCUT2D eigenvalue weighted by molar-refractivity contribution is 5.37. The number of para-hydroxylation sites is 1. The van der Waals surface area contributed by atoms with Gasteiger partial charge in [-0.3, -0.25) is 4.90 Å². The third-order valence-electron chi connectivity index (χ3n) is 3.44. The lowest BCUT2D eigenvalue weighted by atomic mass is 9.98. The number of aliphatic hydroxyl groups excluding tert-OH is 1. The maximum Gasteiger partial charge on any atom is 0.125 e. The lowest BCUT2D eigenvalue weighted by Crippen LogP contribution is -2.44. The van der Waals surface area contributed by atoms with Gasteiger partial charge in [0.15, 0.2) is 0 Å². The second-order valence-electron chi connectivity index (χ2n) is 4.69. The summed E-state index contributed by atoms with van der Waals surface area (Å²) in [6.07, 6.45) is 0.472. The number of benzene rings is 1. The minimum absolute atomic E-state index is 0.0109. The Morgan fingerprint density at radius 2 is 2.22 bits per heavy atom. The van der Waals surface area contributed by atoms with Gasteiger partial charge < -0.3 is 14.6 Å². The zero-order valence-electron chi connectivity index (χ0n) is 11.0. The third kappa shape index (κ3) is 2.83. The predicted octanol–water partition coefficient (Wildman–Crippen LogP) is 1.45. The summed E-state index contributed by atoms with van der Waals surface area (Å²) < 4.78 is 10.7. The minimum atomic E-state index is -0.484. The van der Waals surface area contributed by atoms with Gasteiger partial charge in [0.1, 0.15) is 18.5 Å². The fourth-order valence-corrected chi connectivity index (χ4v) is 2.32. The molecule has 0 amide bonds. The molecule has 1 aromatic carbocycles. The number of hydrogen-bond donors (Lipinski definition) is 1.